The summed E-state index contributed by atoms with van der Waals surface area (Å²) in [5.74, 6) is 0.585. The third-order valence-electron chi connectivity index (χ3n) is 3.32. The molecule has 1 aromatic carbocycles. The Kier molecular flexibility index (Phi) is 6.59. The summed E-state index contributed by atoms with van der Waals surface area (Å²) in [4.78, 5) is 2.69. The van der Waals surface area contributed by atoms with Crippen molar-refractivity contribution < 1.29 is 5.11 Å². The molecule has 4 heteroatoms. The zero-order chi connectivity index (χ0) is 15.3. The second-order valence-corrected chi connectivity index (χ2v) is 6.38. The third kappa shape index (κ3) is 5.19. The Labute approximate surface area is 127 Å². The molecule has 0 bridgehead atoms. The van der Waals surface area contributed by atoms with E-state index < -0.39 is 6.10 Å². The Morgan fingerprint density at radius 2 is 1.70 bits per heavy atom. The van der Waals surface area contributed by atoms with Crippen LogP contribution in [0.5, 0.6) is 0 Å². The smallest absolute Gasteiger partial charge is 0.103 e. The van der Waals surface area contributed by atoms with Crippen molar-refractivity contribution in [3.8, 4) is 0 Å². The number of thiocarbonyl (C=S) groups is 1. The molecule has 0 aromatic heterocycles. The van der Waals surface area contributed by atoms with E-state index in [-0.39, 0.29) is 0 Å². The first-order valence-corrected chi connectivity index (χ1v) is 7.54. The number of nitrogens with zero attached hydrogens (tertiary/aromatic N) is 1. The first-order valence-electron chi connectivity index (χ1n) is 7.13. The van der Waals surface area contributed by atoms with Crippen LogP contribution in [0.25, 0.3) is 0 Å². The van der Waals surface area contributed by atoms with Gasteiger partial charge in [-0.3, -0.25) is 4.90 Å². The Morgan fingerprint density at radius 3 is 2.10 bits per heavy atom. The van der Waals surface area contributed by atoms with E-state index in [4.69, 9.17) is 18.0 Å². The van der Waals surface area contributed by atoms with Crippen molar-refractivity contribution >= 4 is 17.2 Å². The summed E-state index contributed by atoms with van der Waals surface area (Å²) >= 11 is 4.93. The van der Waals surface area contributed by atoms with Crippen molar-refractivity contribution in [1.29, 1.82) is 0 Å². The number of rotatable bonds is 7. The van der Waals surface area contributed by atoms with Gasteiger partial charge in [0.25, 0.3) is 0 Å². The van der Waals surface area contributed by atoms with Crippen LogP contribution in [0.3, 0.4) is 0 Å². The Hall–Kier alpha value is -0.970. The largest absolute Gasteiger partial charge is 0.389 e. The summed E-state index contributed by atoms with van der Waals surface area (Å²) in [5.41, 5.74) is 7.31. The molecule has 0 aliphatic carbocycles. The van der Waals surface area contributed by atoms with E-state index in [0.29, 0.717) is 23.5 Å². The lowest BCUT2D eigenvalue weighted by atomic mass is 10.1. The van der Waals surface area contributed by atoms with Gasteiger partial charge in [-0.15, -0.1) is 0 Å². The monoisotopic (exact) mass is 294 g/mol. The molecule has 1 rings (SSSR count). The first kappa shape index (κ1) is 17.1. The van der Waals surface area contributed by atoms with Gasteiger partial charge >= 0.3 is 0 Å². The highest BCUT2D eigenvalue weighted by atomic mass is 32.1. The highest BCUT2D eigenvalue weighted by Crippen LogP contribution is 2.17. The molecule has 0 saturated carbocycles. The van der Waals surface area contributed by atoms with E-state index in [2.05, 4.69) is 32.6 Å². The molecule has 1 unspecified atom stereocenters. The molecule has 3 N–H and O–H groups in total. The van der Waals surface area contributed by atoms with Crippen molar-refractivity contribution in [3.05, 3.63) is 35.4 Å². The van der Waals surface area contributed by atoms with Crippen molar-refractivity contribution in [2.45, 2.75) is 39.8 Å². The van der Waals surface area contributed by atoms with Crippen molar-refractivity contribution in [2.24, 2.45) is 11.7 Å². The van der Waals surface area contributed by atoms with Crippen LogP contribution in [0, 0.1) is 5.92 Å². The lowest BCUT2D eigenvalue weighted by molar-refractivity contribution is 0.0877. The second-order valence-electron chi connectivity index (χ2n) is 5.94. The predicted octanol–water partition coefficient (Wildman–Crippen LogP) is 2.72. The van der Waals surface area contributed by atoms with E-state index >= 15 is 0 Å². The highest BCUT2D eigenvalue weighted by molar-refractivity contribution is 7.80. The third-order valence-corrected chi connectivity index (χ3v) is 3.55. The summed E-state index contributed by atoms with van der Waals surface area (Å²) in [5, 5.41) is 10.4. The van der Waals surface area contributed by atoms with E-state index in [1.54, 1.807) is 0 Å². The number of hydrogen-bond acceptors (Lipinski definition) is 3. The number of nitrogens with two attached hydrogens (primary N) is 1. The molecule has 0 spiro atoms. The molecule has 112 valence electrons. The standard InChI is InChI=1S/C16H26N2OS/c1-11(2)9-18(12(3)4)10-15(19)13-5-7-14(8-6-13)16(17)20/h5-8,11-12,15,19H,9-10H2,1-4H3,(H2,17,20). The molecular formula is C16H26N2OS. The first-order chi connectivity index (χ1) is 9.31. The lowest BCUT2D eigenvalue weighted by Crippen LogP contribution is -2.37. The molecule has 0 aliphatic heterocycles. The maximum atomic E-state index is 10.4. The average Bonchev–Trinajstić information content (AvgIpc) is 2.37. The Morgan fingerprint density at radius 1 is 1.15 bits per heavy atom. The quantitative estimate of drug-likeness (QED) is 0.759. The Bertz CT molecular complexity index is 429. The summed E-state index contributed by atoms with van der Waals surface area (Å²) < 4.78 is 0. The fourth-order valence-electron chi connectivity index (χ4n) is 2.16. The molecule has 3 nitrogen and oxygen atoms in total. The predicted molar refractivity (Wildman–Crippen MR) is 88.8 cm³/mol. The van der Waals surface area contributed by atoms with Crippen LogP contribution in [0.2, 0.25) is 0 Å². The van der Waals surface area contributed by atoms with Crippen LogP contribution in [-0.2, 0) is 0 Å². The van der Waals surface area contributed by atoms with Gasteiger partial charge in [-0.2, -0.15) is 0 Å². The summed E-state index contributed by atoms with van der Waals surface area (Å²) in [6.45, 7) is 10.3. The van der Waals surface area contributed by atoms with Gasteiger partial charge in [0.1, 0.15) is 4.99 Å². The van der Waals surface area contributed by atoms with Gasteiger partial charge in [0.15, 0.2) is 0 Å². The van der Waals surface area contributed by atoms with Gasteiger partial charge in [-0.05, 0) is 25.3 Å². The van der Waals surface area contributed by atoms with Gasteiger partial charge < -0.3 is 10.8 Å². The highest BCUT2D eigenvalue weighted by Gasteiger charge is 2.17. The minimum atomic E-state index is -0.489. The summed E-state index contributed by atoms with van der Waals surface area (Å²) in [6, 6.07) is 7.94. The molecular weight excluding hydrogens is 268 g/mol. The Balaban J connectivity index is 2.72. The number of aliphatic hydroxyl groups is 1. The maximum Gasteiger partial charge on any atom is 0.103 e. The van der Waals surface area contributed by atoms with Gasteiger partial charge in [0.05, 0.1) is 6.10 Å². The van der Waals surface area contributed by atoms with Gasteiger partial charge in [0, 0.05) is 24.7 Å². The molecule has 0 fully saturated rings. The molecule has 0 amide bonds. The molecule has 20 heavy (non-hydrogen) atoms. The van der Waals surface area contributed by atoms with Crippen LogP contribution in [0.4, 0.5) is 0 Å². The fraction of sp³-hybridized carbons (Fsp3) is 0.562. The fourth-order valence-corrected chi connectivity index (χ4v) is 2.30. The molecule has 0 saturated heterocycles. The van der Waals surface area contributed by atoms with E-state index in [1.807, 2.05) is 24.3 Å². The summed E-state index contributed by atoms with van der Waals surface area (Å²) in [6.07, 6.45) is -0.489. The maximum absolute atomic E-state index is 10.4. The molecule has 0 radical (unpaired) electrons. The average molecular weight is 294 g/mol. The zero-order valence-electron chi connectivity index (χ0n) is 12.8. The molecule has 0 heterocycles. The van der Waals surface area contributed by atoms with E-state index in [1.165, 1.54) is 0 Å². The van der Waals surface area contributed by atoms with Crippen molar-refractivity contribution in [3.63, 3.8) is 0 Å². The summed E-state index contributed by atoms with van der Waals surface area (Å²) in [7, 11) is 0. The SMILES string of the molecule is CC(C)CN(CC(O)c1ccc(C(N)=S)cc1)C(C)C. The van der Waals surface area contributed by atoms with Crippen LogP contribution < -0.4 is 5.73 Å². The van der Waals surface area contributed by atoms with Crippen molar-refractivity contribution in [2.75, 3.05) is 13.1 Å². The van der Waals surface area contributed by atoms with Crippen LogP contribution in [0.1, 0.15) is 44.9 Å². The number of hydrogen-bond donors (Lipinski definition) is 2. The second kappa shape index (κ2) is 7.72. The molecule has 1 aromatic rings. The molecule has 1 atom stereocenters. The van der Waals surface area contributed by atoms with Crippen molar-refractivity contribution in [1.82, 2.24) is 4.90 Å². The topological polar surface area (TPSA) is 49.5 Å². The number of aliphatic hydroxyl groups excluding tert-OH is 1. The van der Waals surface area contributed by atoms with Gasteiger partial charge in [-0.1, -0.05) is 50.3 Å². The molecule has 0 aliphatic rings. The normalized spacial score (nSPS) is 13.2. The van der Waals surface area contributed by atoms with E-state index in [0.717, 1.165) is 17.7 Å². The van der Waals surface area contributed by atoms with Gasteiger partial charge in [-0.25, -0.2) is 0 Å². The van der Waals surface area contributed by atoms with Crippen LogP contribution in [-0.4, -0.2) is 34.1 Å². The number of benzene rings is 1. The van der Waals surface area contributed by atoms with Crippen LogP contribution >= 0.6 is 12.2 Å². The van der Waals surface area contributed by atoms with Gasteiger partial charge in [0.2, 0.25) is 0 Å². The van der Waals surface area contributed by atoms with E-state index in [9.17, 15) is 5.11 Å². The minimum Gasteiger partial charge on any atom is -0.389 e. The minimum absolute atomic E-state index is 0.384. The van der Waals surface area contributed by atoms with Crippen LogP contribution in [0.15, 0.2) is 24.3 Å². The lowest BCUT2D eigenvalue weighted by Gasteiger charge is -2.30. The zero-order valence-corrected chi connectivity index (χ0v) is 13.7.